The van der Waals surface area contributed by atoms with Crippen LogP contribution in [0.15, 0.2) is 54.6 Å². The van der Waals surface area contributed by atoms with E-state index >= 15 is 0 Å². The van der Waals surface area contributed by atoms with Crippen LogP contribution in [0.1, 0.15) is 40.7 Å². The lowest BCUT2D eigenvalue weighted by Crippen LogP contribution is -2.54. The van der Waals surface area contributed by atoms with Crippen LogP contribution in [0.3, 0.4) is 0 Å². The minimum Gasteiger partial charge on any atom is -0.485 e. The minimum absolute atomic E-state index is 0.0645. The molecule has 1 amide bonds. The lowest BCUT2D eigenvalue weighted by atomic mass is 9.83. The topological polar surface area (TPSA) is 78.9 Å². The molecule has 0 radical (unpaired) electrons. The van der Waals surface area contributed by atoms with Gasteiger partial charge >= 0.3 is 0 Å². The molecular formula is C23H24N2O4. The van der Waals surface area contributed by atoms with Gasteiger partial charge < -0.3 is 4.74 Å². The second kappa shape index (κ2) is 8.19. The van der Waals surface area contributed by atoms with Gasteiger partial charge in [-0.1, -0.05) is 36.4 Å². The Morgan fingerprint density at radius 2 is 2.07 bits per heavy atom. The first-order valence-electron chi connectivity index (χ1n) is 9.82. The number of hydroxylamine groups is 1. The standard InChI is InChI=1S/C23H24N2O4/c26-20-14-23(11-4-12-25(16-23)15-18-5-2-1-3-6-18)29-21-9-7-17(13-19(20)21)8-10-22(27)24-28/h1-3,5-10,13,28H,4,11-12,14-16H2,(H,24,27)/b10-8+. The van der Waals surface area contributed by atoms with Gasteiger partial charge in [-0.3, -0.25) is 19.7 Å². The summed E-state index contributed by atoms with van der Waals surface area (Å²) in [6, 6.07) is 15.7. The van der Waals surface area contributed by atoms with Crippen molar-refractivity contribution in [2.24, 2.45) is 0 Å². The van der Waals surface area contributed by atoms with E-state index in [2.05, 4.69) is 17.0 Å². The largest absolute Gasteiger partial charge is 0.485 e. The zero-order valence-corrected chi connectivity index (χ0v) is 16.1. The van der Waals surface area contributed by atoms with E-state index in [9.17, 15) is 9.59 Å². The summed E-state index contributed by atoms with van der Waals surface area (Å²) in [5.41, 5.74) is 3.57. The highest BCUT2D eigenvalue weighted by molar-refractivity contribution is 6.01. The first-order valence-corrected chi connectivity index (χ1v) is 9.82. The molecule has 0 bridgehead atoms. The van der Waals surface area contributed by atoms with Crippen LogP contribution in [0.2, 0.25) is 0 Å². The second-order valence-electron chi connectivity index (χ2n) is 7.75. The summed E-state index contributed by atoms with van der Waals surface area (Å²) >= 11 is 0. The predicted octanol–water partition coefficient (Wildman–Crippen LogP) is 3.21. The molecule has 1 fully saturated rings. The van der Waals surface area contributed by atoms with Gasteiger partial charge in [-0.2, -0.15) is 0 Å². The normalized spacial score (nSPS) is 21.8. The molecule has 1 unspecified atom stereocenters. The Bertz CT molecular complexity index is 941. The number of nitrogens with one attached hydrogen (secondary N) is 1. The number of Topliss-reactive ketones (excluding diaryl/α,β-unsaturated/α-hetero) is 1. The number of rotatable bonds is 4. The van der Waals surface area contributed by atoms with Gasteiger partial charge in [0.25, 0.3) is 5.91 Å². The Morgan fingerprint density at radius 1 is 1.24 bits per heavy atom. The average Bonchev–Trinajstić information content (AvgIpc) is 2.73. The van der Waals surface area contributed by atoms with Crippen molar-refractivity contribution in [1.82, 2.24) is 10.4 Å². The van der Waals surface area contributed by atoms with E-state index in [4.69, 9.17) is 9.94 Å². The Labute approximate surface area is 169 Å². The van der Waals surface area contributed by atoms with Crippen molar-refractivity contribution in [2.45, 2.75) is 31.4 Å². The van der Waals surface area contributed by atoms with Crippen LogP contribution in [-0.2, 0) is 11.3 Å². The van der Waals surface area contributed by atoms with Crippen molar-refractivity contribution in [1.29, 1.82) is 0 Å². The van der Waals surface area contributed by atoms with Crippen LogP contribution in [0.25, 0.3) is 6.08 Å². The first kappa shape index (κ1) is 19.4. The van der Waals surface area contributed by atoms with E-state index in [1.807, 2.05) is 18.2 Å². The molecule has 0 aromatic heterocycles. The molecule has 150 valence electrons. The summed E-state index contributed by atoms with van der Waals surface area (Å²) < 4.78 is 6.39. The van der Waals surface area contributed by atoms with Gasteiger partial charge in [-0.15, -0.1) is 0 Å². The lowest BCUT2D eigenvalue weighted by Gasteiger charge is -2.45. The fourth-order valence-corrected chi connectivity index (χ4v) is 4.22. The molecule has 1 saturated heterocycles. The van der Waals surface area contributed by atoms with E-state index in [1.54, 1.807) is 29.8 Å². The summed E-state index contributed by atoms with van der Waals surface area (Å²) in [5.74, 6) is 0.0474. The number of carbonyl (C=O) groups excluding carboxylic acids is 2. The van der Waals surface area contributed by atoms with E-state index in [1.165, 1.54) is 11.6 Å². The maximum atomic E-state index is 12.9. The Morgan fingerprint density at radius 3 is 2.86 bits per heavy atom. The molecule has 2 heterocycles. The van der Waals surface area contributed by atoms with Crippen LogP contribution in [0.4, 0.5) is 0 Å². The monoisotopic (exact) mass is 392 g/mol. The summed E-state index contributed by atoms with van der Waals surface area (Å²) in [5, 5.41) is 8.57. The third kappa shape index (κ3) is 4.39. The highest BCUT2D eigenvalue weighted by Gasteiger charge is 2.43. The highest BCUT2D eigenvalue weighted by Crippen LogP contribution is 2.39. The van der Waals surface area contributed by atoms with Gasteiger partial charge in [-0.05, 0) is 48.7 Å². The van der Waals surface area contributed by atoms with Crippen molar-refractivity contribution in [3.05, 3.63) is 71.3 Å². The predicted molar refractivity (Wildman–Crippen MR) is 109 cm³/mol. The van der Waals surface area contributed by atoms with Crippen LogP contribution in [0, 0.1) is 0 Å². The van der Waals surface area contributed by atoms with Crippen LogP contribution >= 0.6 is 0 Å². The average molecular weight is 392 g/mol. The number of amides is 1. The zero-order valence-electron chi connectivity index (χ0n) is 16.1. The third-order valence-corrected chi connectivity index (χ3v) is 5.52. The van der Waals surface area contributed by atoms with Crippen molar-refractivity contribution >= 4 is 17.8 Å². The lowest BCUT2D eigenvalue weighted by molar-refractivity contribution is -0.124. The van der Waals surface area contributed by atoms with Gasteiger partial charge in [0.2, 0.25) is 0 Å². The van der Waals surface area contributed by atoms with Gasteiger partial charge in [0, 0.05) is 19.2 Å². The summed E-state index contributed by atoms with van der Waals surface area (Å²) in [6.45, 7) is 2.58. The number of hydrogen-bond donors (Lipinski definition) is 2. The first-order chi connectivity index (χ1) is 14.1. The van der Waals surface area contributed by atoms with Gasteiger partial charge in [0.05, 0.1) is 12.0 Å². The van der Waals surface area contributed by atoms with E-state index in [0.717, 1.165) is 32.5 Å². The molecule has 2 aliphatic heterocycles. The smallest absolute Gasteiger partial charge is 0.267 e. The second-order valence-corrected chi connectivity index (χ2v) is 7.75. The minimum atomic E-state index is -0.620. The maximum Gasteiger partial charge on any atom is 0.267 e. The Balaban J connectivity index is 1.51. The summed E-state index contributed by atoms with van der Waals surface area (Å²) in [7, 11) is 0. The fourth-order valence-electron chi connectivity index (χ4n) is 4.22. The Kier molecular flexibility index (Phi) is 5.47. The number of benzene rings is 2. The van der Waals surface area contributed by atoms with Crippen molar-refractivity contribution < 1.29 is 19.5 Å². The van der Waals surface area contributed by atoms with Gasteiger partial charge in [0.1, 0.15) is 11.4 Å². The zero-order chi connectivity index (χ0) is 20.3. The molecule has 0 saturated carbocycles. The Hall–Kier alpha value is -2.96. The van der Waals surface area contributed by atoms with Crippen molar-refractivity contribution in [2.75, 3.05) is 13.1 Å². The highest BCUT2D eigenvalue weighted by atomic mass is 16.5. The van der Waals surface area contributed by atoms with Crippen molar-refractivity contribution in [3.8, 4) is 5.75 Å². The van der Waals surface area contributed by atoms with Crippen LogP contribution in [0.5, 0.6) is 5.75 Å². The third-order valence-electron chi connectivity index (χ3n) is 5.52. The molecule has 1 atom stereocenters. The molecule has 2 aliphatic rings. The summed E-state index contributed by atoms with van der Waals surface area (Å²) in [6.07, 6.45) is 4.97. The number of hydrogen-bond acceptors (Lipinski definition) is 5. The molecule has 29 heavy (non-hydrogen) atoms. The van der Waals surface area contributed by atoms with Gasteiger partial charge in [-0.25, -0.2) is 5.48 Å². The maximum absolute atomic E-state index is 12.9. The van der Waals surface area contributed by atoms with Crippen LogP contribution in [-0.4, -0.2) is 40.5 Å². The van der Waals surface area contributed by atoms with E-state index in [0.29, 0.717) is 23.3 Å². The molecule has 2 aromatic carbocycles. The molecule has 1 spiro atoms. The molecular weight excluding hydrogens is 368 g/mol. The van der Waals surface area contributed by atoms with Crippen LogP contribution < -0.4 is 10.2 Å². The number of ketones is 1. The molecule has 2 N–H and O–H groups in total. The van der Waals surface area contributed by atoms with E-state index < -0.39 is 11.5 Å². The van der Waals surface area contributed by atoms with Gasteiger partial charge in [0.15, 0.2) is 5.78 Å². The SMILES string of the molecule is O=C(/C=C/c1ccc2c(c1)C(=O)CC1(CCCN(Cc3ccccc3)C1)O2)NO. The molecule has 6 nitrogen and oxygen atoms in total. The number of likely N-dealkylation sites (tertiary alicyclic amines) is 1. The molecule has 6 heteroatoms. The fraction of sp³-hybridized carbons (Fsp3) is 0.304. The summed E-state index contributed by atoms with van der Waals surface area (Å²) in [4.78, 5) is 26.4. The quantitative estimate of drug-likeness (QED) is 0.475. The number of carbonyl (C=O) groups is 2. The van der Waals surface area contributed by atoms with E-state index in [-0.39, 0.29) is 5.78 Å². The number of ether oxygens (including phenoxy) is 1. The van der Waals surface area contributed by atoms with Crippen molar-refractivity contribution in [3.63, 3.8) is 0 Å². The molecule has 4 rings (SSSR count). The number of nitrogens with zero attached hydrogens (tertiary/aromatic N) is 1. The number of piperidine rings is 1. The number of fused-ring (bicyclic) bond motifs is 1. The molecule has 2 aromatic rings. The molecule has 0 aliphatic carbocycles.